The summed E-state index contributed by atoms with van der Waals surface area (Å²) in [6.45, 7) is 9.01. The smallest absolute Gasteiger partial charge is 0.267 e. The lowest BCUT2D eigenvalue weighted by Crippen LogP contribution is -3.12. The van der Waals surface area contributed by atoms with Crippen LogP contribution in [0.25, 0.3) is 11.7 Å². The number of nitrogens with one attached hydrogen (secondary N) is 2. The van der Waals surface area contributed by atoms with Crippen LogP contribution in [-0.4, -0.2) is 55.1 Å². The van der Waals surface area contributed by atoms with Crippen molar-refractivity contribution in [1.29, 1.82) is 5.26 Å². The molecule has 0 bridgehead atoms. The lowest BCUT2D eigenvalue weighted by molar-refractivity contribution is -0.880. The molecule has 8 heteroatoms. The fourth-order valence-corrected chi connectivity index (χ4v) is 3.32. The summed E-state index contributed by atoms with van der Waals surface area (Å²) in [5.74, 6) is -0.0315. The van der Waals surface area contributed by atoms with Gasteiger partial charge in [-0.05, 0) is 24.6 Å². The van der Waals surface area contributed by atoms with E-state index < -0.39 is 5.91 Å². The number of likely N-dealkylation sites (N-methyl/N-ethyl adjacent to an activating group) is 1. The number of anilines is 1. The Kier molecular flexibility index (Phi) is 6.10. The van der Waals surface area contributed by atoms with Crippen LogP contribution in [0.4, 0.5) is 5.82 Å². The van der Waals surface area contributed by atoms with Crippen molar-refractivity contribution in [3.63, 3.8) is 0 Å². The maximum Gasteiger partial charge on any atom is 0.267 e. The molecule has 0 saturated carbocycles. The predicted octanol–water partition coefficient (Wildman–Crippen LogP) is -0.453. The number of fused-ring (bicyclic) bond motifs is 1. The van der Waals surface area contributed by atoms with E-state index >= 15 is 0 Å². The summed E-state index contributed by atoms with van der Waals surface area (Å²) in [5, 5.41) is 12.1. The molecular formula is C21H25N6O2+. The van der Waals surface area contributed by atoms with E-state index in [2.05, 4.69) is 23.8 Å². The fourth-order valence-electron chi connectivity index (χ4n) is 3.32. The van der Waals surface area contributed by atoms with Crippen LogP contribution in [-0.2, 0) is 4.79 Å². The lowest BCUT2D eigenvalue weighted by Gasteiger charge is -2.31. The minimum absolute atomic E-state index is 0.139. The van der Waals surface area contributed by atoms with E-state index in [-0.39, 0.29) is 23.2 Å². The van der Waals surface area contributed by atoms with E-state index in [1.165, 1.54) is 21.5 Å². The van der Waals surface area contributed by atoms with Crippen LogP contribution in [0.1, 0.15) is 11.1 Å². The summed E-state index contributed by atoms with van der Waals surface area (Å²) in [4.78, 5) is 33.8. The molecule has 0 radical (unpaired) electrons. The number of nitrogens with zero attached hydrogens (tertiary/aromatic N) is 4. The van der Waals surface area contributed by atoms with Crippen molar-refractivity contribution in [1.82, 2.24) is 14.7 Å². The molecule has 1 aliphatic heterocycles. The van der Waals surface area contributed by atoms with Gasteiger partial charge in [-0.15, -0.1) is 6.58 Å². The maximum absolute atomic E-state index is 13.3. The van der Waals surface area contributed by atoms with Crippen molar-refractivity contribution < 1.29 is 9.69 Å². The number of nitriles is 1. The number of aryl methyl sites for hydroxylation is 1. The summed E-state index contributed by atoms with van der Waals surface area (Å²) in [6.07, 6.45) is 4.53. The molecule has 150 valence electrons. The zero-order valence-corrected chi connectivity index (χ0v) is 16.7. The molecule has 0 atom stereocenters. The van der Waals surface area contributed by atoms with Gasteiger partial charge < -0.3 is 15.1 Å². The maximum atomic E-state index is 13.3. The van der Waals surface area contributed by atoms with Gasteiger partial charge in [0.05, 0.1) is 38.8 Å². The highest BCUT2D eigenvalue weighted by Crippen LogP contribution is 2.20. The number of carbonyl (C=O) groups is 1. The van der Waals surface area contributed by atoms with Crippen molar-refractivity contribution in [2.24, 2.45) is 0 Å². The standard InChI is InChI=1S/C21H24N6O2/c1-4-7-23-20(28)16(14-22)13-17-19(26-11-9-25(3)10-12-26)24-18-15(2)6-5-8-27(18)21(17)29/h4-6,8,13H,1,7,9-12H2,2-3H3,(H,23,28)/p+1/b16-13+. The number of hydrogen-bond acceptors (Lipinski definition) is 5. The van der Waals surface area contributed by atoms with E-state index in [1.54, 1.807) is 12.3 Å². The molecule has 0 unspecified atom stereocenters. The van der Waals surface area contributed by atoms with E-state index in [4.69, 9.17) is 4.98 Å². The third-order valence-electron chi connectivity index (χ3n) is 5.04. The van der Waals surface area contributed by atoms with Crippen molar-refractivity contribution in [3.8, 4) is 6.07 Å². The Labute approximate surface area is 169 Å². The highest BCUT2D eigenvalue weighted by atomic mass is 16.1. The Hall–Kier alpha value is -3.44. The van der Waals surface area contributed by atoms with E-state index in [9.17, 15) is 14.9 Å². The normalized spacial score (nSPS) is 15.2. The van der Waals surface area contributed by atoms with Gasteiger partial charge in [0.15, 0.2) is 0 Å². The molecule has 2 aromatic heterocycles. The van der Waals surface area contributed by atoms with E-state index in [0.29, 0.717) is 11.5 Å². The van der Waals surface area contributed by atoms with Crippen molar-refractivity contribution >= 4 is 23.4 Å². The molecule has 1 saturated heterocycles. The van der Waals surface area contributed by atoms with Crippen LogP contribution >= 0.6 is 0 Å². The second-order valence-corrected chi connectivity index (χ2v) is 7.15. The van der Waals surface area contributed by atoms with Gasteiger partial charge in [0, 0.05) is 12.7 Å². The van der Waals surface area contributed by atoms with Gasteiger partial charge in [-0.1, -0.05) is 12.1 Å². The summed E-state index contributed by atoms with van der Waals surface area (Å²) in [5.41, 5.74) is 1.26. The Bertz CT molecular complexity index is 1070. The predicted molar refractivity (Wildman–Crippen MR) is 112 cm³/mol. The minimum atomic E-state index is -0.546. The third-order valence-corrected chi connectivity index (χ3v) is 5.04. The Morgan fingerprint density at radius 3 is 2.83 bits per heavy atom. The molecule has 1 amide bonds. The number of quaternary nitrogens is 1. The second kappa shape index (κ2) is 8.71. The van der Waals surface area contributed by atoms with Crippen molar-refractivity contribution in [2.75, 3.05) is 44.7 Å². The molecule has 2 N–H and O–H groups in total. The SMILES string of the molecule is C=CCNC(=O)/C(C#N)=C/c1c(N2CC[NH+](C)CC2)nc2c(C)cccn2c1=O. The molecule has 1 aliphatic rings. The second-order valence-electron chi connectivity index (χ2n) is 7.15. The van der Waals surface area contributed by atoms with Crippen LogP contribution in [0.3, 0.4) is 0 Å². The van der Waals surface area contributed by atoms with Crippen LogP contribution in [0.2, 0.25) is 0 Å². The largest absolute Gasteiger partial charge is 0.348 e. The molecule has 0 aromatic carbocycles. The van der Waals surface area contributed by atoms with Gasteiger partial charge >= 0.3 is 0 Å². The van der Waals surface area contributed by atoms with Crippen LogP contribution in [0, 0.1) is 18.3 Å². The summed E-state index contributed by atoms with van der Waals surface area (Å²) < 4.78 is 1.46. The van der Waals surface area contributed by atoms with Crippen molar-refractivity contribution in [2.45, 2.75) is 6.92 Å². The van der Waals surface area contributed by atoms with E-state index in [0.717, 1.165) is 31.7 Å². The number of hydrogen-bond donors (Lipinski definition) is 2. The molecular weight excluding hydrogens is 368 g/mol. The number of aromatic nitrogens is 2. The van der Waals surface area contributed by atoms with Gasteiger partial charge in [-0.2, -0.15) is 5.26 Å². The quantitative estimate of drug-likeness (QED) is 0.408. The highest BCUT2D eigenvalue weighted by Gasteiger charge is 2.24. The average Bonchev–Trinajstić information content (AvgIpc) is 2.72. The zero-order chi connectivity index (χ0) is 21.0. The van der Waals surface area contributed by atoms with Gasteiger partial charge in [0.2, 0.25) is 0 Å². The molecule has 3 rings (SSSR count). The first kappa shape index (κ1) is 20.3. The highest BCUT2D eigenvalue weighted by molar-refractivity contribution is 6.02. The first-order valence-electron chi connectivity index (χ1n) is 9.55. The summed E-state index contributed by atoms with van der Waals surface area (Å²) >= 11 is 0. The number of rotatable bonds is 5. The van der Waals surface area contributed by atoms with E-state index in [1.807, 2.05) is 19.1 Å². The van der Waals surface area contributed by atoms with Crippen molar-refractivity contribution in [3.05, 3.63) is 58.0 Å². The fraction of sp³-hybridized carbons (Fsp3) is 0.333. The monoisotopic (exact) mass is 393 g/mol. The van der Waals surface area contributed by atoms with Crippen LogP contribution in [0.5, 0.6) is 0 Å². The van der Waals surface area contributed by atoms with Crippen LogP contribution < -0.4 is 20.7 Å². The molecule has 0 aliphatic carbocycles. The van der Waals surface area contributed by atoms with Gasteiger partial charge in [0.1, 0.15) is 23.1 Å². The third kappa shape index (κ3) is 4.20. The Balaban J connectivity index is 2.19. The number of pyridine rings is 1. The molecule has 2 aromatic rings. The molecule has 0 spiro atoms. The Morgan fingerprint density at radius 1 is 1.45 bits per heavy atom. The average molecular weight is 393 g/mol. The lowest BCUT2D eigenvalue weighted by atomic mass is 10.1. The molecule has 8 nitrogen and oxygen atoms in total. The van der Waals surface area contributed by atoms with Crippen LogP contribution in [0.15, 0.2) is 41.4 Å². The summed E-state index contributed by atoms with van der Waals surface area (Å²) in [7, 11) is 2.13. The molecule has 1 fully saturated rings. The minimum Gasteiger partial charge on any atom is -0.348 e. The van der Waals surface area contributed by atoms with Gasteiger partial charge in [-0.25, -0.2) is 4.98 Å². The number of carbonyl (C=O) groups excluding carboxylic acids is 1. The van der Waals surface area contributed by atoms with Gasteiger partial charge in [0.25, 0.3) is 11.5 Å². The number of piperazine rings is 1. The first-order valence-corrected chi connectivity index (χ1v) is 9.55. The number of amides is 1. The summed E-state index contributed by atoms with van der Waals surface area (Å²) in [6, 6.07) is 5.58. The van der Waals surface area contributed by atoms with Gasteiger partial charge in [-0.3, -0.25) is 14.0 Å². The Morgan fingerprint density at radius 2 is 2.17 bits per heavy atom. The zero-order valence-electron chi connectivity index (χ0n) is 16.7. The topological polar surface area (TPSA) is 94.9 Å². The first-order chi connectivity index (χ1) is 14.0. The molecule has 3 heterocycles. The molecule has 29 heavy (non-hydrogen) atoms.